The molecule has 4 unspecified atom stereocenters. The predicted molar refractivity (Wildman–Crippen MR) is 70.6 cm³/mol. The van der Waals surface area contributed by atoms with Crippen LogP contribution in [0.25, 0.3) is 0 Å². The molecular formula is C16H29O-. The molecule has 1 nitrogen and oxygen atoms in total. The van der Waals surface area contributed by atoms with Gasteiger partial charge in [0.15, 0.2) is 0 Å². The fraction of sp³-hybridized carbons (Fsp3) is 1.00. The van der Waals surface area contributed by atoms with Gasteiger partial charge in [0.1, 0.15) is 0 Å². The minimum absolute atomic E-state index is 0.123. The highest BCUT2D eigenvalue weighted by Gasteiger charge is 2.52. The van der Waals surface area contributed by atoms with E-state index in [1.54, 1.807) is 0 Å². The number of hydrogen-bond acceptors (Lipinski definition) is 1. The normalized spacial score (nSPS) is 45.4. The molecule has 2 saturated carbocycles. The lowest BCUT2D eigenvalue weighted by Gasteiger charge is -2.59. The standard InChI is InChI=1S/C16H29O/c1-12-6-7-14-15(2,3)9-5-10-16(14,4)13(12)8-11-17/h12-14H,5-11H2,1-4H3/q-1. The van der Waals surface area contributed by atoms with Gasteiger partial charge < -0.3 is 5.11 Å². The van der Waals surface area contributed by atoms with Gasteiger partial charge in [-0.05, 0) is 47.8 Å². The second-order valence-corrected chi connectivity index (χ2v) is 7.55. The van der Waals surface area contributed by atoms with Gasteiger partial charge in [-0.2, -0.15) is 0 Å². The van der Waals surface area contributed by atoms with E-state index in [0.717, 1.165) is 18.3 Å². The molecule has 100 valence electrons. The molecule has 0 aromatic rings. The largest absolute Gasteiger partial charge is 0.854 e. The minimum atomic E-state index is 0.123. The Morgan fingerprint density at radius 1 is 1.12 bits per heavy atom. The first kappa shape index (κ1) is 13.4. The third-order valence-corrected chi connectivity index (χ3v) is 6.15. The van der Waals surface area contributed by atoms with Gasteiger partial charge in [0.25, 0.3) is 0 Å². The van der Waals surface area contributed by atoms with Crippen molar-refractivity contribution < 1.29 is 5.11 Å². The van der Waals surface area contributed by atoms with E-state index < -0.39 is 0 Å². The average Bonchev–Trinajstić information content (AvgIpc) is 2.22. The zero-order valence-electron chi connectivity index (χ0n) is 12.1. The molecule has 2 fully saturated rings. The summed E-state index contributed by atoms with van der Waals surface area (Å²) >= 11 is 0. The zero-order valence-corrected chi connectivity index (χ0v) is 12.1. The van der Waals surface area contributed by atoms with E-state index in [-0.39, 0.29) is 6.61 Å². The predicted octanol–water partition coefficient (Wildman–Crippen LogP) is 3.62. The number of fused-ring (bicyclic) bond motifs is 1. The minimum Gasteiger partial charge on any atom is -0.854 e. The van der Waals surface area contributed by atoms with Gasteiger partial charge in [0, 0.05) is 0 Å². The zero-order chi connectivity index (χ0) is 12.7. The summed E-state index contributed by atoms with van der Waals surface area (Å²) in [6.07, 6.45) is 7.74. The Morgan fingerprint density at radius 2 is 1.82 bits per heavy atom. The van der Waals surface area contributed by atoms with E-state index in [1.165, 1.54) is 32.1 Å². The van der Waals surface area contributed by atoms with Gasteiger partial charge in [0.05, 0.1) is 0 Å². The van der Waals surface area contributed by atoms with E-state index in [1.807, 2.05) is 0 Å². The molecule has 0 saturated heterocycles. The second-order valence-electron chi connectivity index (χ2n) is 7.55. The molecule has 0 bridgehead atoms. The number of rotatable bonds is 2. The molecule has 0 aromatic carbocycles. The van der Waals surface area contributed by atoms with Crippen molar-refractivity contribution in [1.29, 1.82) is 0 Å². The molecule has 2 rings (SSSR count). The van der Waals surface area contributed by atoms with Gasteiger partial charge in [-0.15, -0.1) is 6.61 Å². The molecule has 0 spiro atoms. The highest BCUT2D eigenvalue weighted by atomic mass is 16.3. The lowest BCUT2D eigenvalue weighted by molar-refractivity contribution is -0.373. The van der Waals surface area contributed by atoms with Crippen LogP contribution in [-0.4, -0.2) is 6.61 Å². The Balaban J connectivity index is 2.28. The van der Waals surface area contributed by atoms with Crippen LogP contribution in [0.3, 0.4) is 0 Å². The van der Waals surface area contributed by atoms with Crippen molar-refractivity contribution in [2.75, 3.05) is 6.61 Å². The van der Waals surface area contributed by atoms with Crippen LogP contribution in [-0.2, 0) is 0 Å². The molecule has 2 aliphatic carbocycles. The van der Waals surface area contributed by atoms with Gasteiger partial charge in [-0.25, -0.2) is 0 Å². The summed E-state index contributed by atoms with van der Waals surface area (Å²) in [4.78, 5) is 0. The van der Waals surface area contributed by atoms with Gasteiger partial charge in [-0.1, -0.05) is 47.0 Å². The van der Waals surface area contributed by atoms with Crippen LogP contribution in [0.4, 0.5) is 0 Å². The Labute approximate surface area is 107 Å². The van der Waals surface area contributed by atoms with Crippen molar-refractivity contribution in [3.05, 3.63) is 0 Å². The van der Waals surface area contributed by atoms with Crippen molar-refractivity contribution in [3.63, 3.8) is 0 Å². The molecule has 4 atom stereocenters. The highest BCUT2D eigenvalue weighted by Crippen LogP contribution is 2.61. The topological polar surface area (TPSA) is 23.1 Å². The monoisotopic (exact) mass is 237 g/mol. The van der Waals surface area contributed by atoms with Crippen LogP contribution in [0.15, 0.2) is 0 Å². The average molecular weight is 237 g/mol. The molecule has 0 N–H and O–H groups in total. The van der Waals surface area contributed by atoms with Crippen molar-refractivity contribution in [1.82, 2.24) is 0 Å². The second kappa shape index (κ2) is 4.57. The third kappa shape index (κ3) is 2.16. The smallest absolute Gasteiger partial charge is 0.0262 e. The van der Waals surface area contributed by atoms with Crippen LogP contribution in [0, 0.1) is 28.6 Å². The molecule has 0 amide bonds. The maximum atomic E-state index is 11.1. The van der Waals surface area contributed by atoms with Crippen molar-refractivity contribution in [2.45, 2.75) is 66.2 Å². The quantitative estimate of drug-likeness (QED) is 0.719. The SMILES string of the molecule is CC1CCC2C(C)(C)CCCC2(C)C1CC[O-]. The van der Waals surface area contributed by atoms with E-state index in [0.29, 0.717) is 16.7 Å². The molecular weight excluding hydrogens is 208 g/mol. The molecule has 2 aliphatic rings. The summed E-state index contributed by atoms with van der Waals surface area (Å²) in [7, 11) is 0. The molecule has 0 aliphatic heterocycles. The van der Waals surface area contributed by atoms with Crippen molar-refractivity contribution in [3.8, 4) is 0 Å². The van der Waals surface area contributed by atoms with Gasteiger partial charge in [0.2, 0.25) is 0 Å². The molecule has 1 heteroatoms. The Morgan fingerprint density at radius 3 is 2.47 bits per heavy atom. The fourth-order valence-corrected chi connectivity index (χ4v) is 5.35. The van der Waals surface area contributed by atoms with E-state index in [2.05, 4.69) is 27.7 Å². The Bertz CT molecular complexity index is 271. The summed E-state index contributed by atoms with van der Waals surface area (Å²) in [5, 5.41) is 11.1. The summed E-state index contributed by atoms with van der Waals surface area (Å²) < 4.78 is 0. The van der Waals surface area contributed by atoms with Crippen LogP contribution in [0.5, 0.6) is 0 Å². The molecule has 0 aromatic heterocycles. The Kier molecular flexibility index (Phi) is 3.60. The summed E-state index contributed by atoms with van der Waals surface area (Å²) in [6.45, 7) is 9.91. The molecule has 0 radical (unpaired) electrons. The number of hydrogen-bond donors (Lipinski definition) is 0. The van der Waals surface area contributed by atoms with E-state index >= 15 is 0 Å². The van der Waals surface area contributed by atoms with Crippen molar-refractivity contribution >= 4 is 0 Å². The Hall–Kier alpha value is -0.0400. The summed E-state index contributed by atoms with van der Waals surface area (Å²) in [5.41, 5.74) is 0.943. The summed E-state index contributed by atoms with van der Waals surface area (Å²) in [6, 6.07) is 0. The third-order valence-electron chi connectivity index (χ3n) is 6.15. The maximum absolute atomic E-state index is 11.1. The lowest BCUT2D eigenvalue weighted by Crippen LogP contribution is -2.51. The van der Waals surface area contributed by atoms with Crippen LogP contribution in [0.1, 0.15) is 66.2 Å². The van der Waals surface area contributed by atoms with Crippen LogP contribution in [0.2, 0.25) is 0 Å². The highest BCUT2D eigenvalue weighted by molar-refractivity contribution is 5.02. The maximum Gasteiger partial charge on any atom is -0.0262 e. The lowest BCUT2D eigenvalue weighted by atomic mass is 9.46. The van der Waals surface area contributed by atoms with Crippen molar-refractivity contribution in [2.24, 2.45) is 28.6 Å². The van der Waals surface area contributed by atoms with Gasteiger partial charge >= 0.3 is 0 Å². The summed E-state index contributed by atoms with van der Waals surface area (Å²) in [5.74, 6) is 2.29. The van der Waals surface area contributed by atoms with Gasteiger partial charge in [-0.3, -0.25) is 0 Å². The van der Waals surface area contributed by atoms with E-state index in [9.17, 15) is 5.11 Å². The first-order valence-corrected chi connectivity index (χ1v) is 7.50. The van der Waals surface area contributed by atoms with E-state index in [4.69, 9.17) is 0 Å². The first-order chi connectivity index (χ1) is 7.92. The first-order valence-electron chi connectivity index (χ1n) is 7.50. The van der Waals surface area contributed by atoms with Crippen LogP contribution < -0.4 is 5.11 Å². The molecule has 0 heterocycles. The fourth-order valence-electron chi connectivity index (χ4n) is 5.35. The van der Waals surface area contributed by atoms with Crippen LogP contribution >= 0.6 is 0 Å². The molecule has 17 heavy (non-hydrogen) atoms.